The van der Waals surface area contributed by atoms with Crippen LogP contribution in [0.1, 0.15) is 32.1 Å². The second-order valence-corrected chi connectivity index (χ2v) is 12.7. The lowest BCUT2D eigenvalue weighted by molar-refractivity contribution is -0.320. The van der Waals surface area contributed by atoms with E-state index in [1.807, 2.05) is 0 Å². The van der Waals surface area contributed by atoms with Gasteiger partial charge < -0.3 is 89.3 Å². The molecule has 2 aliphatic carbocycles. The van der Waals surface area contributed by atoms with Gasteiger partial charge in [0.2, 0.25) is 0 Å². The van der Waals surface area contributed by atoms with Crippen molar-refractivity contribution in [2.24, 2.45) is 45.3 Å². The number of guanidine groups is 1. The standard InChI is InChI=1S/C27H52N8O11/c28-2-1-3-34-12-6-13(37)14(8-29)43-24(12)46-23-11(30)4-10(5-17(38)27(42)7-16(27)35-26(32)33)22(21(23)41)45-25-20(40)18(31)19(39)15(9-36)44-25/h10-16,18-25,34,36-37,39-42H,1-9,28-31H2,(H4,32,33,35)/t10-,11-,12+,13-,14+,15+,16?,18-,19+,20+,21+,22-,23+,24+,25+,27?/m0/s1. The molecule has 266 valence electrons. The highest BCUT2D eigenvalue weighted by Gasteiger charge is 2.60. The monoisotopic (exact) mass is 664 g/mol. The number of aliphatic hydroxyl groups excluding tert-OH is 5. The highest BCUT2D eigenvalue weighted by molar-refractivity contribution is 5.92. The third kappa shape index (κ3) is 8.13. The summed E-state index contributed by atoms with van der Waals surface area (Å²) in [5.41, 5.74) is 33.0. The molecule has 2 saturated heterocycles. The van der Waals surface area contributed by atoms with Crippen molar-refractivity contribution in [2.75, 3.05) is 26.2 Å². The van der Waals surface area contributed by atoms with Gasteiger partial charge in [-0.2, -0.15) is 0 Å². The third-order valence-corrected chi connectivity index (χ3v) is 9.37. The molecule has 4 rings (SSSR count). The molecule has 4 fully saturated rings. The Hall–Kier alpha value is -1.66. The van der Waals surface area contributed by atoms with Gasteiger partial charge >= 0.3 is 0 Å². The predicted molar refractivity (Wildman–Crippen MR) is 160 cm³/mol. The Morgan fingerprint density at radius 1 is 0.957 bits per heavy atom. The minimum absolute atomic E-state index is 0.00339. The summed E-state index contributed by atoms with van der Waals surface area (Å²) in [4.78, 5) is 17.2. The number of carbonyl (C=O) groups is 1. The van der Waals surface area contributed by atoms with Crippen molar-refractivity contribution in [3.63, 3.8) is 0 Å². The second-order valence-electron chi connectivity index (χ2n) is 12.7. The van der Waals surface area contributed by atoms with Crippen LogP contribution in [0.3, 0.4) is 0 Å². The molecule has 4 aliphatic rings. The van der Waals surface area contributed by atoms with Crippen LogP contribution in [-0.2, 0) is 23.7 Å². The SMILES string of the molecule is NCCCN[C@@H]1C[C@H](O)[C@@H](CN)O[C@@H]1O[C@H]1[C@H](O)[C@@H](O[C@H]2O[C@H](CO)[C@@H](O)[C@H](N)[C@H]2O)[C@H](CC(=O)C2(O)CC2N=C(N)N)C[C@@H]1N. The summed E-state index contributed by atoms with van der Waals surface area (Å²) in [6, 6.07) is -3.49. The van der Waals surface area contributed by atoms with E-state index >= 15 is 0 Å². The van der Waals surface area contributed by atoms with Crippen LogP contribution in [0.15, 0.2) is 4.99 Å². The van der Waals surface area contributed by atoms with E-state index < -0.39 is 109 Å². The van der Waals surface area contributed by atoms with E-state index in [4.69, 9.17) is 53.3 Å². The fourth-order valence-corrected chi connectivity index (χ4v) is 6.52. The fourth-order valence-electron chi connectivity index (χ4n) is 6.52. The Labute approximate surface area is 266 Å². The van der Waals surface area contributed by atoms with E-state index in [1.54, 1.807) is 0 Å². The molecule has 0 amide bonds. The second kappa shape index (κ2) is 15.7. The molecule has 16 atom stereocenters. The van der Waals surface area contributed by atoms with Crippen molar-refractivity contribution < 1.29 is 54.4 Å². The van der Waals surface area contributed by atoms with Gasteiger partial charge in [-0.1, -0.05) is 0 Å². The third-order valence-electron chi connectivity index (χ3n) is 9.37. The number of aliphatic hydroxyl groups is 6. The molecule has 46 heavy (non-hydrogen) atoms. The van der Waals surface area contributed by atoms with Crippen LogP contribution in [0.4, 0.5) is 0 Å². The van der Waals surface area contributed by atoms with E-state index in [1.165, 1.54) is 0 Å². The van der Waals surface area contributed by atoms with E-state index in [0.29, 0.717) is 19.5 Å². The summed E-state index contributed by atoms with van der Waals surface area (Å²) in [7, 11) is 0. The zero-order chi connectivity index (χ0) is 33.9. The smallest absolute Gasteiger partial charge is 0.186 e. The number of carbonyl (C=O) groups excluding carboxylic acids is 1. The molecule has 2 unspecified atom stereocenters. The number of ether oxygens (including phenoxy) is 4. The van der Waals surface area contributed by atoms with Gasteiger partial charge in [-0.3, -0.25) is 4.79 Å². The van der Waals surface area contributed by atoms with Crippen molar-refractivity contribution in [2.45, 2.75) is 123 Å². The first-order valence-electron chi connectivity index (χ1n) is 15.7. The Bertz CT molecular complexity index is 1040. The minimum atomic E-state index is -1.82. The molecule has 19 heteroatoms. The molecule has 0 radical (unpaired) electrons. The van der Waals surface area contributed by atoms with Crippen LogP contribution < -0.4 is 39.7 Å². The van der Waals surface area contributed by atoms with Gasteiger partial charge in [0.15, 0.2) is 24.3 Å². The molecule has 19 N–H and O–H groups in total. The van der Waals surface area contributed by atoms with Gasteiger partial charge in [-0.25, -0.2) is 4.99 Å². The van der Waals surface area contributed by atoms with Crippen molar-refractivity contribution in [3.05, 3.63) is 0 Å². The minimum Gasteiger partial charge on any atom is -0.394 e. The maximum atomic E-state index is 13.3. The summed E-state index contributed by atoms with van der Waals surface area (Å²) in [6.45, 7) is 0.293. The molecule has 0 aromatic carbocycles. The van der Waals surface area contributed by atoms with Crippen molar-refractivity contribution in [1.29, 1.82) is 0 Å². The molecular weight excluding hydrogens is 612 g/mol. The van der Waals surface area contributed by atoms with Crippen molar-refractivity contribution in [3.8, 4) is 0 Å². The predicted octanol–water partition coefficient (Wildman–Crippen LogP) is -7.29. The van der Waals surface area contributed by atoms with Crippen LogP contribution in [-0.4, -0.2) is 160 Å². The van der Waals surface area contributed by atoms with Crippen LogP contribution >= 0.6 is 0 Å². The number of hydrogen-bond acceptors (Lipinski definition) is 17. The summed E-state index contributed by atoms with van der Waals surface area (Å²) in [5, 5.41) is 67.2. The first-order valence-corrected chi connectivity index (χ1v) is 15.7. The number of hydrogen-bond donors (Lipinski definition) is 13. The maximum absolute atomic E-state index is 13.3. The fraction of sp³-hybridized carbons (Fsp3) is 0.926. The first kappa shape index (κ1) is 37.2. The number of aliphatic imine (C=N–C) groups is 1. The first-order chi connectivity index (χ1) is 21.7. The normalized spacial score (nSPS) is 46.1. The number of ketones is 1. The van der Waals surface area contributed by atoms with Crippen LogP contribution in [0.25, 0.3) is 0 Å². The molecule has 19 nitrogen and oxygen atoms in total. The average molecular weight is 665 g/mol. The zero-order valence-electron chi connectivity index (χ0n) is 25.7. The van der Waals surface area contributed by atoms with Crippen LogP contribution in [0.2, 0.25) is 0 Å². The van der Waals surface area contributed by atoms with Crippen molar-refractivity contribution in [1.82, 2.24) is 5.32 Å². The topological polar surface area (TPSA) is 356 Å². The number of nitrogens with two attached hydrogens (primary N) is 6. The van der Waals surface area contributed by atoms with Gasteiger partial charge in [-0.05, 0) is 38.3 Å². The highest BCUT2D eigenvalue weighted by Crippen LogP contribution is 2.43. The van der Waals surface area contributed by atoms with Crippen LogP contribution in [0.5, 0.6) is 0 Å². The molecule has 0 bridgehead atoms. The van der Waals surface area contributed by atoms with Gasteiger partial charge in [0, 0.05) is 25.4 Å². The lowest BCUT2D eigenvalue weighted by Crippen LogP contribution is -2.66. The average Bonchev–Trinajstić information content (AvgIpc) is 3.67. The summed E-state index contributed by atoms with van der Waals surface area (Å²) in [6.07, 6.45) is -11.8. The molecule has 0 aromatic rings. The Morgan fingerprint density at radius 3 is 2.26 bits per heavy atom. The summed E-state index contributed by atoms with van der Waals surface area (Å²) < 4.78 is 23.9. The molecule has 2 aliphatic heterocycles. The number of rotatable bonds is 14. The van der Waals surface area contributed by atoms with Gasteiger partial charge in [-0.15, -0.1) is 0 Å². The molecule has 2 heterocycles. The van der Waals surface area contributed by atoms with Gasteiger partial charge in [0.05, 0.1) is 43.0 Å². The maximum Gasteiger partial charge on any atom is 0.186 e. The molecule has 0 spiro atoms. The Balaban J connectivity index is 1.57. The van der Waals surface area contributed by atoms with Gasteiger partial charge in [0.1, 0.15) is 36.1 Å². The Morgan fingerprint density at radius 2 is 1.63 bits per heavy atom. The lowest BCUT2D eigenvalue weighted by atomic mass is 9.76. The number of Topliss-reactive ketones (excluding diaryl/α,β-unsaturated/α-hetero) is 1. The Kier molecular flexibility index (Phi) is 12.7. The molecule has 0 aromatic heterocycles. The van der Waals surface area contributed by atoms with E-state index in [2.05, 4.69) is 10.3 Å². The lowest BCUT2D eigenvalue weighted by Gasteiger charge is -2.49. The number of nitrogens with one attached hydrogen (secondary N) is 1. The van der Waals surface area contributed by atoms with Crippen LogP contribution in [0, 0.1) is 5.92 Å². The molecule has 2 saturated carbocycles. The van der Waals surface area contributed by atoms with E-state index in [9.17, 15) is 35.4 Å². The van der Waals surface area contributed by atoms with Gasteiger partial charge in [0.25, 0.3) is 0 Å². The summed E-state index contributed by atoms with van der Waals surface area (Å²) in [5.74, 6) is -1.72. The zero-order valence-corrected chi connectivity index (χ0v) is 25.7. The highest BCUT2D eigenvalue weighted by atomic mass is 16.7. The largest absolute Gasteiger partial charge is 0.394 e. The van der Waals surface area contributed by atoms with E-state index in [-0.39, 0.29) is 38.2 Å². The quantitative estimate of drug-likeness (QED) is 0.0465. The summed E-state index contributed by atoms with van der Waals surface area (Å²) >= 11 is 0. The number of nitrogens with zero attached hydrogens (tertiary/aromatic N) is 1. The molecular formula is C27H52N8O11. The van der Waals surface area contributed by atoms with E-state index in [0.717, 1.165) is 0 Å². The van der Waals surface area contributed by atoms with Crippen molar-refractivity contribution >= 4 is 11.7 Å².